The molecular weight excluding hydrogens is 306 g/mol. The summed E-state index contributed by atoms with van der Waals surface area (Å²) in [5.74, 6) is 0.698. The van der Waals surface area contributed by atoms with Crippen LogP contribution in [-0.4, -0.2) is 67.9 Å². The number of ether oxygens (including phenoxy) is 1. The summed E-state index contributed by atoms with van der Waals surface area (Å²) < 4.78 is 5.30. The van der Waals surface area contributed by atoms with Crippen LogP contribution in [0.25, 0.3) is 0 Å². The van der Waals surface area contributed by atoms with E-state index in [4.69, 9.17) is 4.74 Å². The summed E-state index contributed by atoms with van der Waals surface area (Å²) in [5.41, 5.74) is -0.984. The molecule has 0 radical (unpaired) electrons. The van der Waals surface area contributed by atoms with Crippen molar-refractivity contribution in [3.63, 3.8) is 0 Å². The minimum Gasteiger partial charge on any atom is -0.444 e. The van der Waals surface area contributed by atoms with Crippen molar-refractivity contribution in [1.29, 1.82) is 0 Å². The van der Waals surface area contributed by atoms with Crippen LogP contribution in [0.4, 0.5) is 4.79 Å². The molecule has 0 spiro atoms. The maximum absolute atomic E-state index is 11.9. The molecule has 0 saturated carbocycles. The van der Waals surface area contributed by atoms with Gasteiger partial charge in [-0.3, -0.25) is 4.99 Å². The van der Waals surface area contributed by atoms with Crippen LogP contribution in [0.2, 0.25) is 0 Å². The smallest absolute Gasteiger partial charge is 0.408 e. The van der Waals surface area contributed by atoms with E-state index in [1.807, 2.05) is 48.7 Å². The van der Waals surface area contributed by atoms with Crippen molar-refractivity contribution in [1.82, 2.24) is 20.9 Å². The number of alkyl carbamates (subject to hydrolysis) is 1. The number of hydrogen-bond acceptors (Lipinski definition) is 4. The highest BCUT2D eigenvalue weighted by molar-refractivity contribution is 5.80. The lowest BCUT2D eigenvalue weighted by Gasteiger charge is -2.34. The predicted molar refractivity (Wildman–Crippen MR) is 101 cm³/mol. The van der Waals surface area contributed by atoms with Gasteiger partial charge in [0.25, 0.3) is 0 Å². The highest BCUT2D eigenvalue weighted by atomic mass is 16.6. The fourth-order valence-corrected chi connectivity index (χ4v) is 1.61. The molecule has 0 unspecified atom stereocenters. The molecule has 7 nitrogen and oxygen atoms in total. The first-order valence-electron chi connectivity index (χ1n) is 8.32. The van der Waals surface area contributed by atoms with Gasteiger partial charge in [0.2, 0.25) is 0 Å². The van der Waals surface area contributed by atoms with Crippen LogP contribution < -0.4 is 16.0 Å². The van der Waals surface area contributed by atoms with E-state index in [0.717, 1.165) is 6.54 Å². The lowest BCUT2D eigenvalue weighted by atomic mass is 10.0. The van der Waals surface area contributed by atoms with Crippen LogP contribution >= 0.6 is 0 Å². The van der Waals surface area contributed by atoms with Crippen LogP contribution in [0.5, 0.6) is 0 Å². The Kier molecular flexibility index (Phi) is 8.02. The quantitative estimate of drug-likeness (QED) is 0.506. The molecule has 0 rings (SSSR count). The molecule has 1 amide bonds. The maximum atomic E-state index is 11.9. The van der Waals surface area contributed by atoms with Gasteiger partial charge in [-0.1, -0.05) is 0 Å². The first kappa shape index (κ1) is 22.5. The van der Waals surface area contributed by atoms with Crippen LogP contribution in [-0.2, 0) is 4.74 Å². The Hall–Kier alpha value is -1.50. The minimum absolute atomic E-state index is 0.00189. The van der Waals surface area contributed by atoms with E-state index in [0.29, 0.717) is 12.5 Å². The van der Waals surface area contributed by atoms with Gasteiger partial charge in [-0.15, -0.1) is 0 Å². The molecule has 0 atom stereocenters. The molecule has 24 heavy (non-hydrogen) atoms. The number of nitrogens with zero attached hydrogens (tertiary/aromatic N) is 2. The molecular formula is C17H37N5O2. The minimum atomic E-state index is -0.511. The number of aliphatic imine (C=N–C) groups is 1. The van der Waals surface area contributed by atoms with Gasteiger partial charge in [0.15, 0.2) is 5.96 Å². The van der Waals surface area contributed by atoms with Gasteiger partial charge in [-0.25, -0.2) is 4.79 Å². The van der Waals surface area contributed by atoms with Crippen LogP contribution in [0, 0.1) is 0 Å². The van der Waals surface area contributed by atoms with Gasteiger partial charge < -0.3 is 25.6 Å². The largest absolute Gasteiger partial charge is 0.444 e. The molecule has 0 aliphatic rings. The van der Waals surface area contributed by atoms with Gasteiger partial charge in [0.1, 0.15) is 5.60 Å². The molecule has 3 N–H and O–H groups in total. The molecule has 0 bridgehead atoms. The number of guanidine groups is 1. The molecule has 142 valence electrons. The van der Waals surface area contributed by atoms with Crippen molar-refractivity contribution in [3.8, 4) is 0 Å². The van der Waals surface area contributed by atoms with E-state index in [1.165, 1.54) is 0 Å². The van der Waals surface area contributed by atoms with Gasteiger partial charge in [0.05, 0.1) is 5.54 Å². The summed E-state index contributed by atoms with van der Waals surface area (Å²) in [4.78, 5) is 18.3. The van der Waals surface area contributed by atoms with Crippen LogP contribution in [0.1, 0.15) is 48.5 Å². The molecule has 0 heterocycles. The van der Waals surface area contributed by atoms with Crippen molar-refractivity contribution in [3.05, 3.63) is 0 Å². The Balaban J connectivity index is 4.48. The average molecular weight is 344 g/mol. The number of rotatable bonds is 6. The number of likely N-dealkylation sites (N-methyl/N-ethyl adjacent to an activating group) is 1. The molecule has 0 aliphatic heterocycles. The lowest BCUT2D eigenvalue weighted by molar-refractivity contribution is 0.0474. The maximum Gasteiger partial charge on any atom is 0.408 e. The Morgan fingerprint density at radius 3 is 1.92 bits per heavy atom. The third-order valence-electron chi connectivity index (χ3n) is 3.66. The van der Waals surface area contributed by atoms with E-state index in [-0.39, 0.29) is 5.54 Å². The monoisotopic (exact) mass is 343 g/mol. The fraction of sp³-hybridized carbons (Fsp3) is 0.882. The molecule has 0 fully saturated rings. The van der Waals surface area contributed by atoms with E-state index < -0.39 is 17.2 Å². The van der Waals surface area contributed by atoms with E-state index >= 15 is 0 Å². The van der Waals surface area contributed by atoms with Crippen molar-refractivity contribution in [2.75, 3.05) is 34.2 Å². The number of carbonyl (C=O) groups is 1. The third kappa shape index (κ3) is 9.60. The molecule has 0 aromatic rings. The second-order valence-corrected chi connectivity index (χ2v) is 8.50. The SMILES string of the molecule is CN=C(NCC(C)(C)NC(=O)OC(C)(C)C)NCC(C)(C)N(C)C. The summed E-state index contributed by atoms with van der Waals surface area (Å²) in [7, 11) is 5.82. The zero-order valence-electron chi connectivity index (χ0n) is 17.1. The van der Waals surface area contributed by atoms with Crippen LogP contribution in [0.3, 0.4) is 0 Å². The molecule has 0 aromatic carbocycles. The lowest BCUT2D eigenvalue weighted by Crippen LogP contribution is -2.56. The standard InChI is InChI=1S/C17H37N5O2/c1-15(2,3)24-14(23)21-16(4,5)11-19-13(18-8)20-12-17(6,7)22(9)10/h11-12H2,1-10H3,(H,21,23)(H2,18,19,20). The first-order valence-corrected chi connectivity index (χ1v) is 8.32. The second kappa shape index (κ2) is 8.55. The van der Waals surface area contributed by atoms with E-state index in [9.17, 15) is 4.79 Å². The summed E-state index contributed by atoms with van der Waals surface area (Å²) in [6.45, 7) is 15.0. The number of amides is 1. The number of carbonyl (C=O) groups excluding carboxylic acids is 1. The van der Waals surface area contributed by atoms with Crippen molar-refractivity contribution in [2.24, 2.45) is 4.99 Å². The fourth-order valence-electron chi connectivity index (χ4n) is 1.61. The van der Waals surface area contributed by atoms with Crippen molar-refractivity contribution >= 4 is 12.1 Å². The molecule has 0 aliphatic carbocycles. The Morgan fingerprint density at radius 1 is 1.00 bits per heavy atom. The molecule has 0 saturated heterocycles. The Morgan fingerprint density at radius 2 is 1.50 bits per heavy atom. The summed E-state index contributed by atoms with van der Waals surface area (Å²) >= 11 is 0. The van der Waals surface area contributed by atoms with E-state index in [1.54, 1.807) is 7.05 Å². The molecule has 7 heteroatoms. The topological polar surface area (TPSA) is 78.0 Å². The normalized spacial score (nSPS) is 13.7. The van der Waals surface area contributed by atoms with E-state index in [2.05, 4.69) is 39.7 Å². The first-order chi connectivity index (χ1) is 10.7. The number of nitrogens with one attached hydrogen (secondary N) is 3. The number of hydrogen-bond donors (Lipinski definition) is 3. The highest BCUT2D eigenvalue weighted by Crippen LogP contribution is 2.09. The van der Waals surface area contributed by atoms with Gasteiger partial charge in [-0.05, 0) is 62.6 Å². The Labute approximate surface area is 147 Å². The zero-order valence-corrected chi connectivity index (χ0v) is 17.1. The van der Waals surface area contributed by atoms with Crippen LogP contribution in [0.15, 0.2) is 4.99 Å². The van der Waals surface area contributed by atoms with Gasteiger partial charge in [-0.2, -0.15) is 0 Å². The van der Waals surface area contributed by atoms with Crippen molar-refractivity contribution < 1.29 is 9.53 Å². The predicted octanol–water partition coefficient (Wildman–Crippen LogP) is 1.79. The summed E-state index contributed by atoms with van der Waals surface area (Å²) in [6.07, 6.45) is -0.425. The average Bonchev–Trinajstić information content (AvgIpc) is 2.35. The molecule has 0 aromatic heterocycles. The highest BCUT2D eigenvalue weighted by Gasteiger charge is 2.25. The summed E-state index contributed by atoms with van der Waals surface area (Å²) in [5, 5.41) is 9.42. The van der Waals surface area contributed by atoms with Crippen molar-refractivity contribution in [2.45, 2.75) is 65.1 Å². The van der Waals surface area contributed by atoms with Gasteiger partial charge >= 0.3 is 6.09 Å². The summed E-state index contributed by atoms with van der Waals surface area (Å²) in [6, 6.07) is 0. The Bertz CT molecular complexity index is 437. The second-order valence-electron chi connectivity index (χ2n) is 8.50. The zero-order chi connectivity index (χ0) is 19.2. The van der Waals surface area contributed by atoms with Gasteiger partial charge in [0, 0.05) is 25.7 Å². The third-order valence-corrected chi connectivity index (χ3v) is 3.66.